The summed E-state index contributed by atoms with van der Waals surface area (Å²) in [6, 6.07) is 0. The van der Waals surface area contributed by atoms with E-state index in [1.54, 1.807) is 11.8 Å². The number of hydrogen-bond acceptors (Lipinski definition) is 2. The molecule has 1 aliphatic carbocycles. The predicted octanol–water partition coefficient (Wildman–Crippen LogP) is 2.00. The summed E-state index contributed by atoms with van der Waals surface area (Å²) < 4.78 is 0. The van der Waals surface area contributed by atoms with E-state index >= 15 is 0 Å². The maximum absolute atomic E-state index is 4.15. The lowest BCUT2D eigenvalue weighted by Gasteiger charge is -2.03. The number of H-pyrrole nitrogens is 1. The first kappa shape index (κ1) is 9.46. The van der Waals surface area contributed by atoms with Crippen LogP contribution in [0, 0.1) is 0 Å². The Hall–Kier alpha value is -1.09. The monoisotopic (exact) mass is 191 g/mol. The smallest absolute Gasteiger partial charge is 0.120 e. The van der Waals surface area contributed by atoms with Crippen molar-refractivity contribution in [1.82, 2.24) is 15.3 Å². The van der Waals surface area contributed by atoms with Gasteiger partial charge < -0.3 is 10.3 Å². The van der Waals surface area contributed by atoms with Crippen molar-refractivity contribution >= 4 is 0 Å². The van der Waals surface area contributed by atoms with Crippen LogP contribution in [0.3, 0.4) is 0 Å². The van der Waals surface area contributed by atoms with Crippen molar-refractivity contribution in [1.29, 1.82) is 0 Å². The van der Waals surface area contributed by atoms with E-state index in [1.165, 1.54) is 25.7 Å². The molecule has 14 heavy (non-hydrogen) atoms. The molecule has 0 unspecified atom stereocenters. The molecule has 2 N–H and O–H groups in total. The van der Waals surface area contributed by atoms with Gasteiger partial charge in [0.15, 0.2) is 0 Å². The minimum absolute atomic E-state index is 0.847. The second kappa shape index (κ2) is 4.96. The molecule has 0 amide bonds. The second-order valence-corrected chi connectivity index (χ2v) is 3.72. The maximum atomic E-state index is 4.15. The SMILES string of the molecule is C1=C(CCNCc2ncc[nH]2)CCC1. The van der Waals surface area contributed by atoms with E-state index in [2.05, 4.69) is 21.4 Å². The number of aromatic amines is 1. The molecule has 1 aromatic heterocycles. The van der Waals surface area contributed by atoms with Crippen molar-refractivity contribution in [2.45, 2.75) is 32.2 Å². The van der Waals surface area contributed by atoms with E-state index in [9.17, 15) is 0 Å². The zero-order chi connectivity index (χ0) is 9.64. The lowest BCUT2D eigenvalue weighted by molar-refractivity contribution is 0.656. The van der Waals surface area contributed by atoms with Crippen molar-refractivity contribution < 1.29 is 0 Å². The van der Waals surface area contributed by atoms with Crippen LogP contribution in [0.4, 0.5) is 0 Å². The molecule has 3 nitrogen and oxygen atoms in total. The largest absolute Gasteiger partial charge is 0.348 e. The molecule has 0 bridgehead atoms. The summed E-state index contributed by atoms with van der Waals surface area (Å²) in [5, 5.41) is 3.38. The summed E-state index contributed by atoms with van der Waals surface area (Å²) in [5.74, 6) is 1.02. The first-order valence-corrected chi connectivity index (χ1v) is 5.32. The van der Waals surface area contributed by atoms with Gasteiger partial charge >= 0.3 is 0 Å². The van der Waals surface area contributed by atoms with Crippen LogP contribution in [0.5, 0.6) is 0 Å². The van der Waals surface area contributed by atoms with E-state index in [0.29, 0.717) is 0 Å². The highest BCUT2D eigenvalue weighted by Crippen LogP contribution is 2.19. The molecular weight excluding hydrogens is 174 g/mol. The van der Waals surface area contributed by atoms with Gasteiger partial charge in [-0.25, -0.2) is 4.98 Å². The number of imidazole rings is 1. The summed E-state index contributed by atoms with van der Waals surface area (Å²) in [5.41, 5.74) is 1.62. The van der Waals surface area contributed by atoms with Crippen LogP contribution < -0.4 is 5.32 Å². The Morgan fingerprint density at radius 1 is 1.50 bits per heavy atom. The zero-order valence-corrected chi connectivity index (χ0v) is 8.42. The summed E-state index contributed by atoms with van der Waals surface area (Å²) >= 11 is 0. The Morgan fingerprint density at radius 2 is 2.50 bits per heavy atom. The number of nitrogens with one attached hydrogen (secondary N) is 2. The van der Waals surface area contributed by atoms with Crippen molar-refractivity contribution in [3.8, 4) is 0 Å². The molecule has 2 rings (SSSR count). The van der Waals surface area contributed by atoms with Gasteiger partial charge in [0.25, 0.3) is 0 Å². The van der Waals surface area contributed by atoms with Crippen LogP contribution in [0.2, 0.25) is 0 Å². The Labute approximate surface area is 84.6 Å². The Balaban J connectivity index is 1.59. The number of allylic oxidation sites excluding steroid dienone is 1. The highest BCUT2D eigenvalue weighted by molar-refractivity contribution is 5.07. The van der Waals surface area contributed by atoms with E-state index in [1.807, 2.05) is 6.20 Å². The molecule has 0 radical (unpaired) electrons. The molecular formula is C11H17N3. The third kappa shape index (κ3) is 2.70. The molecule has 0 atom stereocenters. The number of rotatable bonds is 5. The fourth-order valence-electron chi connectivity index (χ4n) is 1.81. The average Bonchev–Trinajstić information content (AvgIpc) is 2.86. The van der Waals surface area contributed by atoms with Gasteiger partial charge in [-0.1, -0.05) is 11.6 Å². The van der Waals surface area contributed by atoms with E-state index in [-0.39, 0.29) is 0 Å². The van der Waals surface area contributed by atoms with Crippen LogP contribution >= 0.6 is 0 Å². The molecule has 0 aromatic carbocycles. The molecule has 0 spiro atoms. The Morgan fingerprint density at radius 3 is 3.21 bits per heavy atom. The van der Waals surface area contributed by atoms with Crippen molar-refractivity contribution in [2.75, 3.05) is 6.54 Å². The van der Waals surface area contributed by atoms with E-state index in [0.717, 1.165) is 18.9 Å². The van der Waals surface area contributed by atoms with Crippen LogP contribution in [-0.4, -0.2) is 16.5 Å². The standard InChI is InChI=1S/C11H17N3/c1-2-4-10(3-1)5-6-12-9-11-13-7-8-14-11/h3,7-8,12H,1-2,4-6,9H2,(H,13,14). The molecule has 0 fully saturated rings. The molecule has 1 aliphatic rings. The highest BCUT2D eigenvalue weighted by Gasteiger charge is 2.03. The molecule has 0 aliphatic heterocycles. The van der Waals surface area contributed by atoms with Crippen molar-refractivity contribution in [2.24, 2.45) is 0 Å². The van der Waals surface area contributed by atoms with E-state index in [4.69, 9.17) is 0 Å². The second-order valence-electron chi connectivity index (χ2n) is 3.72. The molecule has 3 heteroatoms. The number of hydrogen-bond donors (Lipinski definition) is 2. The normalized spacial score (nSPS) is 15.9. The highest BCUT2D eigenvalue weighted by atomic mass is 15.0. The van der Waals surface area contributed by atoms with Gasteiger partial charge in [-0.3, -0.25) is 0 Å². The predicted molar refractivity (Wildman–Crippen MR) is 56.8 cm³/mol. The van der Waals surface area contributed by atoms with Crippen LogP contribution in [0.1, 0.15) is 31.5 Å². The summed E-state index contributed by atoms with van der Waals surface area (Å²) in [6.07, 6.45) is 11.2. The Bertz CT molecular complexity index is 287. The molecule has 1 aromatic rings. The fourth-order valence-corrected chi connectivity index (χ4v) is 1.81. The van der Waals surface area contributed by atoms with Gasteiger partial charge in [-0.05, 0) is 32.2 Å². The van der Waals surface area contributed by atoms with Gasteiger partial charge in [0.1, 0.15) is 5.82 Å². The molecule has 1 heterocycles. The van der Waals surface area contributed by atoms with Crippen molar-refractivity contribution in [3.05, 3.63) is 29.9 Å². The third-order valence-corrected chi connectivity index (χ3v) is 2.61. The lowest BCUT2D eigenvalue weighted by Crippen LogP contribution is -2.15. The summed E-state index contributed by atoms with van der Waals surface area (Å²) in [6.45, 7) is 1.91. The molecule has 76 valence electrons. The van der Waals surface area contributed by atoms with Gasteiger partial charge in [-0.2, -0.15) is 0 Å². The topological polar surface area (TPSA) is 40.7 Å². The first-order valence-electron chi connectivity index (χ1n) is 5.32. The zero-order valence-electron chi connectivity index (χ0n) is 8.42. The van der Waals surface area contributed by atoms with Gasteiger partial charge in [0.05, 0.1) is 6.54 Å². The minimum atomic E-state index is 0.847. The van der Waals surface area contributed by atoms with Crippen LogP contribution in [0.25, 0.3) is 0 Å². The van der Waals surface area contributed by atoms with Crippen LogP contribution in [0.15, 0.2) is 24.0 Å². The molecule has 0 saturated heterocycles. The fraction of sp³-hybridized carbons (Fsp3) is 0.545. The van der Waals surface area contributed by atoms with Gasteiger partial charge in [0.2, 0.25) is 0 Å². The minimum Gasteiger partial charge on any atom is -0.348 e. The van der Waals surface area contributed by atoms with Gasteiger partial charge in [0, 0.05) is 12.4 Å². The molecule has 0 saturated carbocycles. The Kier molecular flexibility index (Phi) is 3.35. The maximum Gasteiger partial charge on any atom is 0.120 e. The first-order chi connectivity index (χ1) is 6.95. The van der Waals surface area contributed by atoms with E-state index < -0.39 is 0 Å². The number of aromatic nitrogens is 2. The van der Waals surface area contributed by atoms with Gasteiger partial charge in [-0.15, -0.1) is 0 Å². The third-order valence-electron chi connectivity index (χ3n) is 2.61. The number of nitrogens with zero attached hydrogens (tertiary/aromatic N) is 1. The quantitative estimate of drug-likeness (QED) is 0.552. The van der Waals surface area contributed by atoms with Crippen LogP contribution in [-0.2, 0) is 6.54 Å². The average molecular weight is 191 g/mol. The summed E-state index contributed by atoms with van der Waals surface area (Å²) in [4.78, 5) is 7.23. The van der Waals surface area contributed by atoms with Crippen molar-refractivity contribution in [3.63, 3.8) is 0 Å². The summed E-state index contributed by atoms with van der Waals surface area (Å²) in [7, 11) is 0. The lowest BCUT2D eigenvalue weighted by atomic mass is 10.2.